The first kappa shape index (κ1) is 13.1. The molecule has 0 fully saturated rings. The molecule has 1 aromatic carbocycles. The Hall–Kier alpha value is -0.350. The van der Waals surface area contributed by atoms with Crippen LogP contribution >= 0.6 is 38.9 Å². The molecule has 0 spiro atoms. The van der Waals surface area contributed by atoms with Gasteiger partial charge in [0.15, 0.2) is 0 Å². The maximum atomic E-state index is 6.12. The molecule has 1 nitrogen and oxygen atoms in total. The van der Waals surface area contributed by atoms with Crippen LogP contribution in [0.25, 0.3) is 0 Å². The largest absolute Gasteiger partial charge is 0.313 e. The van der Waals surface area contributed by atoms with Crippen LogP contribution in [0.15, 0.2) is 40.2 Å². The lowest BCUT2D eigenvalue weighted by molar-refractivity contribution is 0.596. The van der Waals surface area contributed by atoms with Crippen molar-refractivity contribution in [2.45, 2.75) is 12.5 Å². The van der Waals surface area contributed by atoms with E-state index < -0.39 is 0 Å². The van der Waals surface area contributed by atoms with Crippen LogP contribution in [0.3, 0.4) is 0 Å². The third kappa shape index (κ3) is 3.32. The highest BCUT2D eigenvalue weighted by Crippen LogP contribution is 2.28. The predicted octanol–water partition coefficient (Wildman–Crippen LogP) is 4.67. The maximum absolute atomic E-state index is 6.12. The quantitative estimate of drug-likeness (QED) is 0.859. The van der Waals surface area contributed by atoms with Crippen molar-refractivity contribution >= 4 is 38.9 Å². The highest BCUT2D eigenvalue weighted by Gasteiger charge is 2.12. The molecule has 90 valence electrons. The van der Waals surface area contributed by atoms with Crippen molar-refractivity contribution in [2.24, 2.45) is 0 Å². The second-order valence-corrected chi connectivity index (χ2v) is 6.09. The molecular weight excluding hydrogens is 318 g/mol. The Kier molecular flexibility index (Phi) is 4.62. The van der Waals surface area contributed by atoms with Gasteiger partial charge in [0.1, 0.15) is 0 Å². The second-order valence-electron chi connectivity index (χ2n) is 3.80. The number of benzene rings is 1. The molecule has 1 unspecified atom stereocenters. The van der Waals surface area contributed by atoms with Crippen molar-refractivity contribution in [3.63, 3.8) is 0 Å². The molecule has 0 saturated carbocycles. The Labute approximate surface area is 119 Å². The molecule has 2 aromatic rings. The zero-order chi connectivity index (χ0) is 12.3. The minimum atomic E-state index is 0.305. The van der Waals surface area contributed by atoms with Gasteiger partial charge >= 0.3 is 0 Å². The van der Waals surface area contributed by atoms with Gasteiger partial charge in [0.05, 0.1) is 5.02 Å². The van der Waals surface area contributed by atoms with Crippen molar-refractivity contribution in [3.05, 3.63) is 55.6 Å². The van der Waals surface area contributed by atoms with Crippen LogP contribution in [0.5, 0.6) is 0 Å². The van der Waals surface area contributed by atoms with Crippen molar-refractivity contribution in [3.8, 4) is 0 Å². The van der Waals surface area contributed by atoms with E-state index in [4.69, 9.17) is 11.6 Å². The van der Waals surface area contributed by atoms with Crippen LogP contribution in [0.1, 0.15) is 16.5 Å². The van der Waals surface area contributed by atoms with Gasteiger partial charge in [-0.2, -0.15) is 0 Å². The van der Waals surface area contributed by atoms with Crippen molar-refractivity contribution in [2.75, 3.05) is 7.05 Å². The number of nitrogens with one attached hydrogen (secondary N) is 1. The zero-order valence-electron chi connectivity index (χ0n) is 9.41. The van der Waals surface area contributed by atoms with E-state index in [0.29, 0.717) is 6.04 Å². The van der Waals surface area contributed by atoms with Crippen LogP contribution in [-0.4, -0.2) is 7.05 Å². The van der Waals surface area contributed by atoms with Crippen LogP contribution in [0, 0.1) is 0 Å². The molecule has 0 aliphatic carbocycles. The van der Waals surface area contributed by atoms with Gasteiger partial charge < -0.3 is 5.32 Å². The molecule has 1 heterocycles. The lowest BCUT2D eigenvalue weighted by Crippen LogP contribution is -2.18. The van der Waals surface area contributed by atoms with Gasteiger partial charge in [0, 0.05) is 21.8 Å². The highest BCUT2D eigenvalue weighted by atomic mass is 79.9. The summed E-state index contributed by atoms with van der Waals surface area (Å²) in [6.45, 7) is 0. The highest BCUT2D eigenvalue weighted by molar-refractivity contribution is 9.10. The van der Waals surface area contributed by atoms with Gasteiger partial charge in [0.2, 0.25) is 0 Å². The van der Waals surface area contributed by atoms with E-state index >= 15 is 0 Å². The lowest BCUT2D eigenvalue weighted by atomic mass is 10.0. The van der Waals surface area contributed by atoms with Crippen LogP contribution in [-0.2, 0) is 6.42 Å². The minimum absolute atomic E-state index is 0.305. The summed E-state index contributed by atoms with van der Waals surface area (Å²) in [4.78, 5) is 1.38. The molecule has 0 amide bonds. The first-order chi connectivity index (χ1) is 8.20. The normalized spacial score (nSPS) is 12.6. The van der Waals surface area contributed by atoms with Crippen molar-refractivity contribution < 1.29 is 0 Å². The van der Waals surface area contributed by atoms with Crippen molar-refractivity contribution in [1.82, 2.24) is 5.32 Å². The molecule has 17 heavy (non-hydrogen) atoms. The topological polar surface area (TPSA) is 12.0 Å². The lowest BCUT2D eigenvalue weighted by Gasteiger charge is -2.16. The van der Waals surface area contributed by atoms with E-state index in [2.05, 4.69) is 44.8 Å². The van der Waals surface area contributed by atoms with E-state index in [1.54, 1.807) is 11.3 Å². The summed E-state index contributed by atoms with van der Waals surface area (Å²) in [7, 11) is 1.98. The summed E-state index contributed by atoms with van der Waals surface area (Å²) in [5, 5.41) is 6.20. The second kappa shape index (κ2) is 6.01. The van der Waals surface area contributed by atoms with Crippen LogP contribution in [0.2, 0.25) is 5.02 Å². The van der Waals surface area contributed by atoms with Gasteiger partial charge in [0.25, 0.3) is 0 Å². The Bertz CT molecular complexity index is 484. The van der Waals surface area contributed by atoms with Crippen LogP contribution in [0.4, 0.5) is 0 Å². The molecule has 0 aliphatic rings. The Morgan fingerprint density at radius 3 is 2.82 bits per heavy atom. The first-order valence-electron chi connectivity index (χ1n) is 5.35. The fourth-order valence-corrected chi connectivity index (χ4v) is 2.93. The molecule has 0 bridgehead atoms. The molecule has 1 atom stereocenters. The smallest absolute Gasteiger partial charge is 0.0551 e. The predicted molar refractivity (Wildman–Crippen MR) is 79.0 cm³/mol. The van der Waals surface area contributed by atoms with Gasteiger partial charge in [-0.3, -0.25) is 0 Å². The molecule has 2 rings (SSSR count). The van der Waals surface area contributed by atoms with E-state index in [-0.39, 0.29) is 0 Å². The van der Waals surface area contributed by atoms with E-state index in [1.165, 1.54) is 10.4 Å². The molecule has 1 N–H and O–H groups in total. The maximum Gasteiger partial charge on any atom is 0.0551 e. The van der Waals surface area contributed by atoms with Crippen molar-refractivity contribution in [1.29, 1.82) is 0 Å². The number of hydrogen-bond donors (Lipinski definition) is 1. The summed E-state index contributed by atoms with van der Waals surface area (Å²) in [6, 6.07) is 10.7. The van der Waals surface area contributed by atoms with Crippen LogP contribution < -0.4 is 5.32 Å². The number of hydrogen-bond acceptors (Lipinski definition) is 2. The summed E-state index contributed by atoms with van der Waals surface area (Å²) in [5.74, 6) is 0. The zero-order valence-corrected chi connectivity index (χ0v) is 12.6. The SMILES string of the molecule is CNC(Cc1cccs1)c1ccc(Br)c(Cl)c1. The van der Waals surface area contributed by atoms with E-state index in [9.17, 15) is 0 Å². The third-order valence-electron chi connectivity index (χ3n) is 2.68. The summed E-state index contributed by atoms with van der Waals surface area (Å²) in [6.07, 6.45) is 0.992. The summed E-state index contributed by atoms with van der Waals surface area (Å²) >= 11 is 11.3. The molecule has 0 aliphatic heterocycles. The number of halogens is 2. The fourth-order valence-electron chi connectivity index (χ4n) is 1.75. The molecule has 1 aromatic heterocycles. The Morgan fingerprint density at radius 2 is 2.24 bits per heavy atom. The number of thiophene rings is 1. The minimum Gasteiger partial charge on any atom is -0.313 e. The third-order valence-corrected chi connectivity index (χ3v) is 4.81. The summed E-state index contributed by atoms with van der Waals surface area (Å²) in [5.41, 5.74) is 1.22. The van der Waals surface area contributed by atoms with Gasteiger partial charge in [-0.15, -0.1) is 11.3 Å². The number of rotatable bonds is 4. The van der Waals surface area contributed by atoms with E-state index in [0.717, 1.165) is 15.9 Å². The average molecular weight is 331 g/mol. The summed E-state index contributed by atoms with van der Waals surface area (Å²) < 4.78 is 0.939. The molecule has 4 heteroatoms. The molecular formula is C13H13BrClNS. The molecule has 0 radical (unpaired) electrons. The number of likely N-dealkylation sites (N-methyl/N-ethyl adjacent to an activating group) is 1. The fraction of sp³-hybridized carbons (Fsp3) is 0.231. The Balaban J connectivity index is 2.20. The molecule has 0 saturated heterocycles. The standard InChI is InChI=1S/C13H13BrClNS/c1-16-13(8-10-3-2-6-17-10)9-4-5-11(14)12(15)7-9/h2-7,13,16H,8H2,1H3. The monoisotopic (exact) mass is 329 g/mol. The average Bonchev–Trinajstić information content (AvgIpc) is 2.82. The van der Waals surface area contributed by atoms with Gasteiger partial charge in [-0.1, -0.05) is 23.7 Å². The van der Waals surface area contributed by atoms with Gasteiger partial charge in [-0.25, -0.2) is 0 Å². The van der Waals surface area contributed by atoms with Gasteiger partial charge in [-0.05, 0) is 52.1 Å². The first-order valence-corrected chi connectivity index (χ1v) is 7.40. The Morgan fingerprint density at radius 1 is 1.41 bits per heavy atom. The van der Waals surface area contributed by atoms with E-state index in [1.807, 2.05) is 19.2 Å².